The van der Waals surface area contributed by atoms with E-state index in [1.807, 2.05) is 67.4 Å². The van der Waals surface area contributed by atoms with Crippen LogP contribution >= 0.6 is 0 Å². The lowest BCUT2D eigenvalue weighted by molar-refractivity contribution is -0.125. The normalized spacial score (nSPS) is 15.9. The van der Waals surface area contributed by atoms with Crippen molar-refractivity contribution in [2.75, 3.05) is 24.4 Å². The molecule has 0 radical (unpaired) electrons. The van der Waals surface area contributed by atoms with E-state index in [1.165, 1.54) is 0 Å². The van der Waals surface area contributed by atoms with Gasteiger partial charge in [0, 0.05) is 29.7 Å². The van der Waals surface area contributed by atoms with Crippen LogP contribution in [-0.4, -0.2) is 31.3 Å². The Morgan fingerprint density at radius 3 is 2.48 bits per heavy atom. The molecule has 0 spiro atoms. The molecule has 130 valence electrons. The highest BCUT2D eigenvalue weighted by atomic mass is 16.5. The van der Waals surface area contributed by atoms with Gasteiger partial charge in [0.15, 0.2) is 0 Å². The van der Waals surface area contributed by atoms with E-state index in [2.05, 4.69) is 5.32 Å². The summed E-state index contributed by atoms with van der Waals surface area (Å²) < 4.78 is 5.17. The van der Waals surface area contributed by atoms with E-state index in [0.29, 0.717) is 5.57 Å². The molecule has 6 nitrogen and oxygen atoms in total. The smallest absolute Gasteiger partial charge is 0.272 e. The van der Waals surface area contributed by atoms with Gasteiger partial charge in [0.1, 0.15) is 5.75 Å². The van der Waals surface area contributed by atoms with E-state index in [1.54, 1.807) is 12.6 Å². The summed E-state index contributed by atoms with van der Waals surface area (Å²) in [5.41, 5.74) is 6.09. The van der Waals surface area contributed by atoms with Gasteiger partial charge < -0.3 is 15.0 Å². The van der Waals surface area contributed by atoms with Gasteiger partial charge >= 0.3 is 0 Å². The molecule has 1 atom stereocenters. The van der Waals surface area contributed by atoms with Crippen LogP contribution in [0.2, 0.25) is 0 Å². The molecule has 3 rings (SSSR count). The Morgan fingerprint density at radius 1 is 1.16 bits per heavy atom. The number of nitrogens with one attached hydrogen (secondary N) is 2. The van der Waals surface area contributed by atoms with Crippen molar-refractivity contribution in [2.24, 2.45) is 0 Å². The minimum atomic E-state index is -0.481. The average molecular weight is 339 g/mol. The number of rotatable bonds is 4. The zero-order chi connectivity index (χ0) is 18.0. The van der Waals surface area contributed by atoms with Gasteiger partial charge in [-0.2, -0.15) is 0 Å². The minimum absolute atomic E-state index is 0.143. The van der Waals surface area contributed by atoms with Crippen molar-refractivity contribution in [3.8, 4) is 5.75 Å². The number of methoxy groups -OCH3 is 1. The van der Waals surface area contributed by atoms with Gasteiger partial charge in [-0.05, 0) is 55.0 Å². The van der Waals surface area contributed by atoms with Crippen LogP contribution in [0.5, 0.6) is 5.75 Å². The molecule has 0 bridgehead atoms. The van der Waals surface area contributed by atoms with Crippen molar-refractivity contribution < 1.29 is 14.7 Å². The second-order valence-electron chi connectivity index (χ2n) is 5.95. The third kappa shape index (κ3) is 3.29. The maximum Gasteiger partial charge on any atom is 0.272 e. The molecular formula is C19H21N3O3. The number of hydrogen-bond donors (Lipinski definition) is 3. The zero-order valence-electron chi connectivity index (χ0n) is 14.4. The summed E-state index contributed by atoms with van der Waals surface area (Å²) in [7, 11) is 3.57. The Kier molecular flexibility index (Phi) is 4.63. The molecule has 0 aliphatic carbocycles. The number of amides is 1. The Labute approximate surface area is 146 Å². The van der Waals surface area contributed by atoms with E-state index in [4.69, 9.17) is 9.94 Å². The van der Waals surface area contributed by atoms with E-state index in [0.717, 1.165) is 28.4 Å². The summed E-state index contributed by atoms with van der Waals surface area (Å²) in [5, 5.41) is 12.3. The number of hydroxylamine groups is 1. The summed E-state index contributed by atoms with van der Waals surface area (Å²) in [4.78, 5) is 13.8. The lowest BCUT2D eigenvalue weighted by atomic mass is 9.96. The van der Waals surface area contributed by atoms with E-state index < -0.39 is 5.91 Å². The van der Waals surface area contributed by atoms with Crippen molar-refractivity contribution in [3.63, 3.8) is 0 Å². The predicted octanol–water partition coefficient (Wildman–Crippen LogP) is 3.17. The maximum atomic E-state index is 11.8. The summed E-state index contributed by atoms with van der Waals surface area (Å²) >= 11 is 0. The second-order valence-corrected chi connectivity index (χ2v) is 5.95. The molecule has 0 saturated carbocycles. The third-order valence-corrected chi connectivity index (χ3v) is 4.49. The van der Waals surface area contributed by atoms with Crippen LogP contribution in [0.25, 0.3) is 6.08 Å². The average Bonchev–Trinajstić information content (AvgIpc) is 2.65. The Balaban J connectivity index is 1.89. The van der Waals surface area contributed by atoms with E-state index in [9.17, 15) is 4.79 Å². The fourth-order valence-corrected chi connectivity index (χ4v) is 2.92. The quantitative estimate of drug-likeness (QED) is 0.589. The lowest BCUT2D eigenvalue weighted by Crippen LogP contribution is -2.39. The van der Waals surface area contributed by atoms with Crippen LogP contribution in [0.15, 0.2) is 48.0 Å². The zero-order valence-corrected chi connectivity index (χ0v) is 14.4. The first-order valence-electron chi connectivity index (χ1n) is 7.97. The Morgan fingerprint density at radius 2 is 1.84 bits per heavy atom. The second kappa shape index (κ2) is 6.86. The van der Waals surface area contributed by atoms with E-state index >= 15 is 0 Å². The molecule has 0 saturated heterocycles. The maximum absolute atomic E-state index is 11.8. The molecule has 1 heterocycles. The Bertz CT molecular complexity index is 815. The highest BCUT2D eigenvalue weighted by molar-refractivity contribution is 6.01. The molecule has 25 heavy (non-hydrogen) atoms. The fraction of sp³-hybridized carbons (Fsp3) is 0.211. The molecule has 1 unspecified atom stereocenters. The van der Waals surface area contributed by atoms with E-state index in [-0.39, 0.29) is 6.04 Å². The van der Waals surface area contributed by atoms with Gasteiger partial charge in [0.25, 0.3) is 5.91 Å². The summed E-state index contributed by atoms with van der Waals surface area (Å²) in [5.74, 6) is 0.329. The standard InChI is InChI=1S/C19H21N3O3/c1-12-17(19(23)21-24)10-13-4-5-15(11-18(13)22(12)2)20-14-6-8-16(25-3)9-7-14/h4-12,20,24H,1-3H3,(H,21,23). The van der Waals surface area contributed by atoms with Gasteiger partial charge in [0.05, 0.1) is 13.2 Å². The molecule has 2 aromatic rings. The number of fused-ring (bicyclic) bond motifs is 1. The lowest BCUT2D eigenvalue weighted by Gasteiger charge is -2.33. The predicted molar refractivity (Wildman–Crippen MR) is 98.5 cm³/mol. The topological polar surface area (TPSA) is 73.8 Å². The molecule has 1 amide bonds. The number of ether oxygens (including phenoxy) is 1. The number of hydrogen-bond acceptors (Lipinski definition) is 5. The Hall–Kier alpha value is -2.99. The summed E-state index contributed by atoms with van der Waals surface area (Å²) in [6.45, 7) is 1.92. The van der Waals surface area contributed by atoms with Crippen LogP contribution in [0, 0.1) is 0 Å². The molecule has 0 fully saturated rings. The molecule has 1 aliphatic rings. The summed E-state index contributed by atoms with van der Waals surface area (Å²) in [6.07, 6.45) is 1.81. The van der Waals surface area contributed by atoms with Crippen LogP contribution in [0.1, 0.15) is 12.5 Å². The molecule has 3 N–H and O–H groups in total. The molecular weight excluding hydrogens is 318 g/mol. The summed E-state index contributed by atoms with van der Waals surface area (Å²) in [6, 6.07) is 13.5. The number of likely N-dealkylation sites (N-methyl/N-ethyl adjacent to an activating group) is 1. The highest BCUT2D eigenvalue weighted by Crippen LogP contribution is 2.34. The SMILES string of the molecule is COc1ccc(Nc2ccc3c(c2)N(C)C(C)C(C(=O)NO)=C3)cc1. The number of carbonyl (C=O) groups excluding carboxylic acids is 1. The van der Waals surface area contributed by atoms with Crippen LogP contribution in [-0.2, 0) is 4.79 Å². The largest absolute Gasteiger partial charge is 0.497 e. The van der Waals surface area contributed by atoms with Crippen molar-refractivity contribution in [1.29, 1.82) is 0 Å². The highest BCUT2D eigenvalue weighted by Gasteiger charge is 2.26. The van der Waals surface area contributed by atoms with Gasteiger partial charge in [-0.15, -0.1) is 0 Å². The number of carbonyl (C=O) groups is 1. The van der Waals surface area contributed by atoms with Crippen LogP contribution < -0.4 is 20.4 Å². The first kappa shape index (κ1) is 16.9. The van der Waals surface area contributed by atoms with Gasteiger partial charge in [-0.25, -0.2) is 5.48 Å². The van der Waals surface area contributed by atoms with Gasteiger partial charge in [-0.1, -0.05) is 6.07 Å². The van der Waals surface area contributed by atoms with Crippen molar-refractivity contribution in [3.05, 3.63) is 53.6 Å². The minimum Gasteiger partial charge on any atom is -0.497 e. The van der Waals surface area contributed by atoms with Gasteiger partial charge in [-0.3, -0.25) is 10.0 Å². The number of benzene rings is 2. The molecule has 6 heteroatoms. The third-order valence-electron chi connectivity index (χ3n) is 4.49. The van der Waals surface area contributed by atoms with Crippen molar-refractivity contribution >= 4 is 29.0 Å². The van der Waals surface area contributed by atoms with Crippen molar-refractivity contribution in [1.82, 2.24) is 5.48 Å². The van der Waals surface area contributed by atoms with Crippen molar-refractivity contribution in [2.45, 2.75) is 13.0 Å². The molecule has 0 aromatic heterocycles. The number of anilines is 3. The fourth-order valence-electron chi connectivity index (χ4n) is 2.92. The molecule has 2 aromatic carbocycles. The van der Waals surface area contributed by atoms with Crippen LogP contribution in [0.4, 0.5) is 17.1 Å². The van der Waals surface area contributed by atoms with Gasteiger partial charge in [0.2, 0.25) is 0 Å². The first-order chi connectivity index (χ1) is 12.0. The van der Waals surface area contributed by atoms with Crippen LogP contribution in [0.3, 0.4) is 0 Å². The first-order valence-corrected chi connectivity index (χ1v) is 7.97. The number of nitrogens with zero attached hydrogens (tertiary/aromatic N) is 1. The molecule has 1 aliphatic heterocycles. The monoisotopic (exact) mass is 339 g/mol.